The molecule has 3 heterocycles. The summed E-state index contributed by atoms with van der Waals surface area (Å²) >= 11 is 5.79. The molecule has 10 nitrogen and oxygen atoms in total. The molecule has 1 saturated heterocycles. The molecule has 3 amide bonds. The first-order valence-corrected chi connectivity index (χ1v) is 12.8. The largest absolute Gasteiger partial charge is 0.501 e. The molecule has 1 aromatic heterocycles. The minimum absolute atomic E-state index is 0.0811. The molecular formula is C25H26ClF2N5O5. The fourth-order valence-electron chi connectivity index (χ4n) is 5.59. The number of nitrogens with one attached hydrogen (secondary N) is 2. The van der Waals surface area contributed by atoms with Crippen LogP contribution in [0, 0.1) is 11.7 Å². The molecule has 2 aromatic rings. The molecule has 5 rings (SSSR count). The third-order valence-corrected chi connectivity index (χ3v) is 7.86. The topological polar surface area (TPSA) is 134 Å². The van der Waals surface area contributed by atoms with Gasteiger partial charge in [0.2, 0.25) is 5.75 Å². The second-order valence-corrected chi connectivity index (χ2v) is 10.5. The molecule has 0 spiro atoms. The summed E-state index contributed by atoms with van der Waals surface area (Å²) in [6.45, 7) is 0.112. The lowest BCUT2D eigenvalue weighted by molar-refractivity contribution is -0.146. The molecule has 3 aliphatic rings. The van der Waals surface area contributed by atoms with Gasteiger partial charge in [0.25, 0.3) is 11.5 Å². The number of amides is 3. The average Bonchev–Trinajstić information content (AvgIpc) is 3.47. The first-order valence-electron chi connectivity index (χ1n) is 12.4. The highest BCUT2D eigenvalue weighted by Gasteiger charge is 2.49. The van der Waals surface area contributed by atoms with Gasteiger partial charge in [0.15, 0.2) is 5.69 Å². The van der Waals surface area contributed by atoms with E-state index in [2.05, 4.69) is 15.6 Å². The molecule has 2 unspecified atom stereocenters. The molecule has 202 valence electrons. The van der Waals surface area contributed by atoms with E-state index in [9.17, 15) is 33.1 Å². The molecule has 0 radical (unpaired) electrons. The van der Waals surface area contributed by atoms with Gasteiger partial charge in [-0.2, -0.15) is 0 Å². The average molecular weight is 550 g/mol. The Morgan fingerprint density at radius 2 is 2.00 bits per heavy atom. The number of hydrogen-bond donors (Lipinski definition) is 3. The van der Waals surface area contributed by atoms with Crippen LogP contribution in [0.15, 0.2) is 23.0 Å². The highest BCUT2D eigenvalue weighted by molar-refractivity contribution is 6.35. The molecule has 38 heavy (non-hydrogen) atoms. The van der Waals surface area contributed by atoms with E-state index in [4.69, 9.17) is 11.6 Å². The van der Waals surface area contributed by atoms with Crippen LogP contribution in [0.2, 0.25) is 5.02 Å². The number of aromatic nitrogens is 2. The number of fused-ring (bicyclic) bond motifs is 4. The number of carbonyl (C=O) groups is 3. The zero-order chi connectivity index (χ0) is 27.2. The molecule has 1 aromatic carbocycles. The van der Waals surface area contributed by atoms with Gasteiger partial charge in [-0.1, -0.05) is 17.7 Å². The Morgan fingerprint density at radius 1 is 1.21 bits per heavy atom. The quantitative estimate of drug-likeness (QED) is 0.498. The summed E-state index contributed by atoms with van der Waals surface area (Å²) in [5.74, 6) is -3.91. The van der Waals surface area contributed by atoms with E-state index >= 15 is 0 Å². The van der Waals surface area contributed by atoms with Gasteiger partial charge >= 0.3 is 11.8 Å². The van der Waals surface area contributed by atoms with E-state index < -0.39 is 52.3 Å². The summed E-state index contributed by atoms with van der Waals surface area (Å²) in [4.78, 5) is 57.3. The van der Waals surface area contributed by atoms with E-state index in [0.29, 0.717) is 31.2 Å². The van der Waals surface area contributed by atoms with Crippen molar-refractivity contribution in [1.82, 2.24) is 25.1 Å². The summed E-state index contributed by atoms with van der Waals surface area (Å²) in [5.41, 5.74) is -2.10. The minimum Gasteiger partial charge on any atom is -0.501 e. The normalized spacial score (nSPS) is 24.0. The van der Waals surface area contributed by atoms with Crippen LogP contribution in [0.25, 0.3) is 0 Å². The maximum absolute atomic E-state index is 13.6. The number of alkyl halides is 1. The van der Waals surface area contributed by atoms with E-state index in [0.717, 1.165) is 11.0 Å². The van der Waals surface area contributed by atoms with Crippen LogP contribution >= 0.6 is 11.6 Å². The molecule has 2 aliphatic heterocycles. The maximum atomic E-state index is 13.6. The second-order valence-electron chi connectivity index (χ2n) is 10.1. The zero-order valence-corrected chi connectivity index (χ0v) is 21.1. The van der Waals surface area contributed by atoms with Crippen LogP contribution in [0.4, 0.5) is 8.78 Å². The fraction of sp³-hybridized carbons (Fsp3) is 0.480. The van der Waals surface area contributed by atoms with Crippen molar-refractivity contribution in [2.24, 2.45) is 5.92 Å². The van der Waals surface area contributed by atoms with Crippen molar-refractivity contribution in [3.8, 4) is 5.75 Å². The fourth-order valence-corrected chi connectivity index (χ4v) is 5.79. The molecule has 3 atom stereocenters. The van der Waals surface area contributed by atoms with E-state index in [1.807, 2.05) is 0 Å². The number of rotatable bonds is 4. The number of likely N-dealkylation sites (tertiary alicyclic amines) is 1. The predicted octanol–water partition coefficient (Wildman–Crippen LogP) is 1.76. The van der Waals surface area contributed by atoms with Gasteiger partial charge in [-0.3, -0.25) is 23.7 Å². The highest BCUT2D eigenvalue weighted by atomic mass is 35.5. The van der Waals surface area contributed by atoms with E-state index in [-0.39, 0.29) is 49.4 Å². The van der Waals surface area contributed by atoms with Crippen LogP contribution in [-0.2, 0) is 28.2 Å². The van der Waals surface area contributed by atoms with E-state index in [1.165, 1.54) is 16.7 Å². The Hall–Kier alpha value is -3.54. The standard InChI is InChI=1S/C25H26ClF2N5O5/c26-16-9-14(1-2-17(16)28)11-29-20(35)18-19(34)22(37)33-8-4-13-3-6-25(10-13,24(33)30-18)31-21(36)23(38)32-7-5-15(27)12-32/h1-2,9,13,15,34H,3-8,10-12H2,(H,29,35)(H,31,36)/t13?,15-,25?/m1/s1. The summed E-state index contributed by atoms with van der Waals surface area (Å²) < 4.78 is 28.3. The van der Waals surface area contributed by atoms with Crippen molar-refractivity contribution < 1.29 is 28.3 Å². The van der Waals surface area contributed by atoms with E-state index in [1.54, 1.807) is 0 Å². The van der Waals surface area contributed by atoms with Crippen molar-refractivity contribution in [2.75, 3.05) is 13.1 Å². The molecule has 1 saturated carbocycles. The number of nitrogens with zero attached hydrogens (tertiary/aromatic N) is 3. The lowest BCUT2D eigenvalue weighted by Gasteiger charge is -2.31. The Bertz CT molecular complexity index is 1380. The first kappa shape index (κ1) is 26.1. The van der Waals surface area contributed by atoms with Gasteiger partial charge < -0.3 is 20.6 Å². The first-order chi connectivity index (χ1) is 18.1. The summed E-state index contributed by atoms with van der Waals surface area (Å²) in [6.07, 6.45) is 1.03. The summed E-state index contributed by atoms with van der Waals surface area (Å²) in [5, 5.41) is 15.7. The minimum atomic E-state index is -1.21. The Kier molecular flexibility index (Phi) is 6.84. The summed E-state index contributed by atoms with van der Waals surface area (Å²) in [7, 11) is 0. The Balaban J connectivity index is 1.45. The van der Waals surface area contributed by atoms with Crippen LogP contribution in [0.3, 0.4) is 0 Å². The van der Waals surface area contributed by atoms with Gasteiger partial charge in [0.1, 0.15) is 17.8 Å². The van der Waals surface area contributed by atoms with Gasteiger partial charge in [-0.15, -0.1) is 0 Å². The second kappa shape index (κ2) is 9.97. The number of aromatic hydroxyl groups is 1. The van der Waals surface area contributed by atoms with Gasteiger partial charge in [0.05, 0.1) is 17.1 Å². The monoisotopic (exact) mass is 549 g/mol. The zero-order valence-electron chi connectivity index (χ0n) is 20.3. The number of benzene rings is 1. The molecule has 2 bridgehead atoms. The van der Waals surface area contributed by atoms with Crippen molar-refractivity contribution in [1.29, 1.82) is 0 Å². The number of halogens is 3. The molecule has 1 aliphatic carbocycles. The molecule has 13 heteroatoms. The smallest absolute Gasteiger partial charge is 0.312 e. The summed E-state index contributed by atoms with van der Waals surface area (Å²) in [6, 6.07) is 3.91. The van der Waals surface area contributed by atoms with Gasteiger partial charge in [-0.05, 0) is 55.7 Å². The highest BCUT2D eigenvalue weighted by Crippen LogP contribution is 2.45. The van der Waals surface area contributed by atoms with Crippen LogP contribution in [-0.4, -0.2) is 56.5 Å². The predicted molar refractivity (Wildman–Crippen MR) is 131 cm³/mol. The van der Waals surface area contributed by atoms with Crippen molar-refractivity contribution in [2.45, 2.75) is 56.9 Å². The lowest BCUT2D eigenvalue weighted by Crippen LogP contribution is -2.53. The SMILES string of the molecule is O=C(NC12CCC(CCn3c1nc(C(=O)NCc1ccc(F)c(Cl)c1)c(O)c3=O)C2)C(=O)N1CC[C@@H](F)C1. The Morgan fingerprint density at radius 3 is 2.71 bits per heavy atom. The number of hydrogen-bond acceptors (Lipinski definition) is 6. The van der Waals surface area contributed by atoms with Crippen LogP contribution < -0.4 is 16.2 Å². The van der Waals surface area contributed by atoms with Gasteiger partial charge in [-0.25, -0.2) is 13.8 Å². The maximum Gasteiger partial charge on any atom is 0.312 e. The van der Waals surface area contributed by atoms with Crippen molar-refractivity contribution in [3.05, 3.63) is 56.5 Å². The van der Waals surface area contributed by atoms with Crippen LogP contribution in [0.1, 0.15) is 54.0 Å². The lowest BCUT2D eigenvalue weighted by atomic mass is 9.94. The Labute approximate surface area is 221 Å². The third-order valence-electron chi connectivity index (χ3n) is 7.57. The van der Waals surface area contributed by atoms with Crippen LogP contribution in [0.5, 0.6) is 5.75 Å². The molecule has 2 fully saturated rings. The van der Waals surface area contributed by atoms with Crippen molar-refractivity contribution in [3.63, 3.8) is 0 Å². The number of carbonyl (C=O) groups excluding carboxylic acids is 3. The van der Waals surface area contributed by atoms with Crippen molar-refractivity contribution >= 4 is 29.3 Å². The molecule has 3 N–H and O–H groups in total. The molecular weight excluding hydrogens is 524 g/mol. The third kappa shape index (κ3) is 4.72. The van der Waals surface area contributed by atoms with Gasteiger partial charge in [0, 0.05) is 19.6 Å².